The van der Waals surface area contributed by atoms with Gasteiger partial charge in [0, 0.05) is 49.2 Å². The van der Waals surface area contributed by atoms with E-state index in [0.29, 0.717) is 18.7 Å². The molecule has 1 saturated heterocycles. The molecule has 0 spiro atoms. The number of hydrogen-bond donors (Lipinski definition) is 1. The minimum absolute atomic E-state index is 0.0682. The number of anilines is 1. The van der Waals surface area contributed by atoms with Crippen molar-refractivity contribution in [2.24, 2.45) is 5.92 Å². The fourth-order valence-corrected chi connectivity index (χ4v) is 4.00. The molecule has 1 fully saturated rings. The molecule has 0 bridgehead atoms. The summed E-state index contributed by atoms with van der Waals surface area (Å²) in [6.07, 6.45) is 3.41. The Hall–Kier alpha value is -3.34. The predicted molar refractivity (Wildman–Crippen MR) is 112 cm³/mol. The smallest absolute Gasteiger partial charge is 0.271 e. The minimum Gasteiger partial charge on any atom is -0.339 e. The van der Waals surface area contributed by atoms with Gasteiger partial charge in [-0.15, -0.1) is 0 Å². The first-order valence-electron chi connectivity index (χ1n) is 9.57. The number of benzene rings is 1. The Bertz CT molecular complexity index is 1120. The summed E-state index contributed by atoms with van der Waals surface area (Å²) in [4.78, 5) is 41.1. The molecular formula is C20H22N4O6S. The zero-order chi connectivity index (χ0) is 22.8. The number of carbonyl (C=O) groups is 2. The van der Waals surface area contributed by atoms with Crippen LogP contribution in [-0.2, 0) is 14.6 Å². The van der Waals surface area contributed by atoms with Crippen molar-refractivity contribution in [2.75, 3.05) is 24.7 Å². The number of piperidine rings is 1. The second-order valence-electron chi connectivity index (χ2n) is 7.52. The van der Waals surface area contributed by atoms with Crippen molar-refractivity contribution >= 4 is 33.2 Å². The topological polar surface area (TPSA) is 140 Å². The Balaban J connectivity index is 1.68. The molecule has 0 saturated carbocycles. The van der Waals surface area contributed by atoms with E-state index in [2.05, 4.69) is 10.3 Å². The fourth-order valence-electron chi connectivity index (χ4n) is 3.32. The monoisotopic (exact) mass is 446 g/mol. The second kappa shape index (κ2) is 8.80. The van der Waals surface area contributed by atoms with Crippen LogP contribution in [0.3, 0.4) is 0 Å². The molecule has 3 rings (SSSR count). The molecule has 1 aromatic heterocycles. The van der Waals surface area contributed by atoms with Crippen molar-refractivity contribution in [1.82, 2.24) is 9.88 Å². The van der Waals surface area contributed by atoms with Crippen LogP contribution in [-0.4, -0.2) is 54.4 Å². The molecule has 2 amide bonds. The first kappa shape index (κ1) is 22.3. The Kier molecular flexibility index (Phi) is 6.34. The minimum atomic E-state index is -3.73. The molecule has 0 radical (unpaired) electrons. The summed E-state index contributed by atoms with van der Waals surface area (Å²) in [5.74, 6) is -0.534. The fraction of sp³-hybridized carbons (Fsp3) is 0.350. The average Bonchev–Trinajstić information content (AvgIpc) is 2.74. The van der Waals surface area contributed by atoms with Crippen LogP contribution in [0.4, 0.5) is 11.5 Å². The van der Waals surface area contributed by atoms with Crippen LogP contribution < -0.4 is 5.32 Å². The van der Waals surface area contributed by atoms with Gasteiger partial charge in [-0.25, -0.2) is 13.4 Å². The van der Waals surface area contributed by atoms with Gasteiger partial charge in [-0.3, -0.25) is 19.7 Å². The number of aromatic nitrogens is 1. The van der Waals surface area contributed by atoms with Gasteiger partial charge in [0.05, 0.1) is 9.82 Å². The molecule has 1 N–H and O–H groups in total. The number of pyridine rings is 1. The molecule has 0 unspecified atom stereocenters. The first-order valence-corrected chi connectivity index (χ1v) is 11.5. The number of nitro groups is 1. The SMILES string of the molecule is Cc1ccc(NC(=O)C2CCN(C(=O)c3cc([N+](=O)[O-])cc(S(C)(=O)=O)c3)CC2)nc1. The highest BCUT2D eigenvalue weighted by Crippen LogP contribution is 2.25. The van der Waals surface area contributed by atoms with Crippen LogP contribution in [0.15, 0.2) is 41.4 Å². The summed E-state index contributed by atoms with van der Waals surface area (Å²) in [7, 11) is -3.73. The Morgan fingerprint density at radius 1 is 1.19 bits per heavy atom. The maximum Gasteiger partial charge on any atom is 0.271 e. The van der Waals surface area contributed by atoms with Gasteiger partial charge in [-0.1, -0.05) is 6.07 Å². The van der Waals surface area contributed by atoms with Crippen LogP contribution in [0.1, 0.15) is 28.8 Å². The summed E-state index contributed by atoms with van der Waals surface area (Å²) < 4.78 is 23.7. The third-order valence-corrected chi connectivity index (χ3v) is 6.18. The van der Waals surface area contributed by atoms with Crippen molar-refractivity contribution in [3.8, 4) is 0 Å². The van der Waals surface area contributed by atoms with E-state index in [0.717, 1.165) is 30.0 Å². The highest BCUT2D eigenvalue weighted by Gasteiger charge is 2.29. The number of rotatable bonds is 5. The summed E-state index contributed by atoms with van der Waals surface area (Å²) in [5, 5.41) is 13.9. The lowest BCUT2D eigenvalue weighted by atomic mass is 9.95. The van der Waals surface area contributed by atoms with Crippen molar-refractivity contribution in [3.05, 3.63) is 57.8 Å². The lowest BCUT2D eigenvalue weighted by Gasteiger charge is -2.31. The number of likely N-dealkylation sites (tertiary alicyclic amines) is 1. The van der Waals surface area contributed by atoms with Crippen molar-refractivity contribution in [3.63, 3.8) is 0 Å². The molecule has 1 aliphatic heterocycles. The highest BCUT2D eigenvalue weighted by atomic mass is 32.2. The highest BCUT2D eigenvalue weighted by molar-refractivity contribution is 7.90. The summed E-state index contributed by atoms with van der Waals surface area (Å²) in [5.41, 5.74) is 0.442. The van der Waals surface area contributed by atoms with Crippen molar-refractivity contribution < 1.29 is 22.9 Å². The molecule has 1 aliphatic rings. The van der Waals surface area contributed by atoms with Crippen molar-refractivity contribution in [1.29, 1.82) is 0 Å². The Morgan fingerprint density at radius 2 is 1.87 bits per heavy atom. The van der Waals surface area contributed by atoms with Crippen LogP contribution in [0, 0.1) is 23.0 Å². The Morgan fingerprint density at radius 3 is 2.42 bits per heavy atom. The molecule has 164 valence electrons. The molecule has 10 nitrogen and oxygen atoms in total. The van der Waals surface area contributed by atoms with E-state index in [1.54, 1.807) is 12.3 Å². The van der Waals surface area contributed by atoms with E-state index in [9.17, 15) is 28.1 Å². The summed E-state index contributed by atoms with van der Waals surface area (Å²) in [6, 6.07) is 6.70. The second-order valence-corrected chi connectivity index (χ2v) is 9.54. The first-order chi connectivity index (χ1) is 14.5. The zero-order valence-corrected chi connectivity index (χ0v) is 17.9. The number of nitrogens with one attached hydrogen (secondary N) is 1. The quantitative estimate of drug-likeness (QED) is 0.548. The Labute approximate surface area is 179 Å². The van der Waals surface area contributed by atoms with E-state index in [1.165, 1.54) is 4.90 Å². The van der Waals surface area contributed by atoms with Gasteiger partial charge in [-0.2, -0.15) is 0 Å². The number of hydrogen-bond acceptors (Lipinski definition) is 7. The van der Waals surface area contributed by atoms with Crippen LogP contribution >= 0.6 is 0 Å². The van der Waals surface area contributed by atoms with Gasteiger partial charge < -0.3 is 10.2 Å². The van der Waals surface area contributed by atoms with Crippen LogP contribution in [0.5, 0.6) is 0 Å². The third-order valence-electron chi connectivity index (χ3n) is 5.09. The van der Waals surface area contributed by atoms with Crippen molar-refractivity contribution in [2.45, 2.75) is 24.7 Å². The van der Waals surface area contributed by atoms with Crippen LogP contribution in [0.2, 0.25) is 0 Å². The predicted octanol–water partition coefficient (Wildman–Crippen LogP) is 2.19. The van der Waals surface area contributed by atoms with Gasteiger partial charge in [0.1, 0.15) is 5.82 Å². The zero-order valence-electron chi connectivity index (χ0n) is 17.1. The number of aryl methyl sites for hydroxylation is 1. The number of nitro benzene ring substituents is 1. The van der Waals surface area contributed by atoms with E-state index >= 15 is 0 Å². The normalized spacial score (nSPS) is 14.8. The van der Waals surface area contributed by atoms with Crippen LogP contribution in [0.25, 0.3) is 0 Å². The molecule has 2 aromatic rings. The van der Waals surface area contributed by atoms with Gasteiger partial charge in [0.25, 0.3) is 11.6 Å². The van der Waals surface area contributed by atoms with E-state index in [4.69, 9.17) is 0 Å². The third kappa shape index (κ3) is 5.43. The molecule has 31 heavy (non-hydrogen) atoms. The number of non-ortho nitro benzene ring substituents is 1. The standard InChI is InChI=1S/C20H22N4O6S/c1-13-3-4-18(21-12-13)22-19(25)14-5-7-23(8-6-14)20(26)15-9-16(24(27)28)11-17(10-15)31(2,29)30/h3-4,9-12,14H,5-8H2,1-2H3,(H,21,22,25). The van der Waals surface area contributed by atoms with E-state index in [-0.39, 0.29) is 35.4 Å². The number of sulfone groups is 1. The maximum atomic E-state index is 12.9. The van der Waals surface area contributed by atoms with Gasteiger partial charge >= 0.3 is 0 Å². The summed E-state index contributed by atoms with van der Waals surface area (Å²) in [6.45, 7) is 2.44. The number of amides is 2. The maximum absolute atomic E-state index is 12.9. The van der Waals surface area contributed by atoms with Gasteiger partial charge in [0.15, 0.2) is 9.84 Å². The molecule has 0 aliphatic carbocycles. The molecular weight excluding hydrogens is 424 g/mol. The largest absolute Gasteiger partial charge is 0.339 e. The average molecular weight is 446 g/mol. The van der Waals surface area contributed by atoms with Gasteiger partial charge in [0.2, 0.25) is 5.91 Å². The summed E-state index contributed by atoms with van der Waals surface area (Å²) >= 11 is 0. The van der Waals surface area contributed by atoms with Gasteiger partial charge in [-0.05, 0) is 37.5 Å². The lowest BCUT2D eigenvalue weighted by molar-refractivity contribution is -0.385. The number of carbonyl (C=O) groups excluding carboxylic acids is 2. The molecule has 0 atom stereocenters. The molecule has 2 heterocycles. The lowest BCUT2D eigenvalue weighted by Crippen LogP contribution is -2.41. The molecule has 1 aromatic carbocycles. The number of nitrogens with zero attached hydrogens (tertiary/aromatic N) is 3. The van der Waals surface area contributed by atoms with E-state index < -0.39 is 26.4 Å². The molecule has 11 heteroatoms. The van der Waals surface area contributed by atoms with E-state index in [1.807, 2.05) is 13.0 Å².